The highest BCUT2D eigenvalue weighted by Gasteiger charge is 2.52. The van der Waals surface area contributed by atoms with Gasteiger partial charge in [0, 0.05) is 12.1 Å². The fraction of sp³-hybridized carbons (Fsp3) is 0.318. The van der Waals surface area contributed by atoms with Crippen LogP contribution in [0, 0.1) is 32.1 Å². The van der Waals surface area contributed by atoms with Crippen LogP contribution in [0.15, 0.2) is 48.5 Å². The molecule has 3 amide bonds. The van der Waals surface area contributed by atoms with Crippen molar-refractivity contribution in [2.75, 3.05) is 0 Å². The predicted molar refractivity (Wildman–Crippen MR) is 113 cm³/mol. The first-order valence-electron chi connectivity index (χ1n) is 10.5. The summed E-state index contributed by atoms with van der Waals surface area (Å²) in [5, 5.41) is 24.6. The van der Waals surface area contributed by atoms with E-state index in [2.05, 4.69) is 0 Å². The maximum Gasteiger partial charge on any atom is 0.282 e. The van der Waals surface area contributed by atoms with Gasteiger partial charge in [-0.15, -0.1) is 0 Å². The quantitative estimate of drug-likeness (QED) is 0.372. The van der Waals surface area contributed by atoms with Crippen LogP contribution in [0.5, 0.6) is 0 Å². The Bertz CT molecular complexity index is 1140. The number of para-hydroxylation sites is 2. The second kappa shape index (κ2) is 8.77. The molecular weight excluding hydrogens is 432 g/mol. The highest BCUT2D eigenvalue weighted by molar-refractivity contribution is 6.08. The molecule has 2 aliphatic rings. The number of carbonyl (C=O) groups excluding carboxylic acids is 3. The molecule has 0 aromatic heterocycles. The van der Waals surface area contributed by atoms with Gasteiger partial charge >= 0.3 is 0 Å². The monoisotopic (exact) mass is 452 g/mol. The number of benzene rings is 2. The normalized spacial score (nSPS) is 19.8. The second-order valence-corrected chi connectivity index (χ2v) is 8.01. The van der Waals surface area contributed by atoms with Gasteiger partial charge in [0.05, 0.1) is 33.8 Å². The van der Waals surface area contributed by atoms with Crippen molar-refractivity contribution < 1.29 is 24.2 Å². The van der Waals surface area contributed by atoms with Gasteiger partial charge in [-0.2, -0.15) is 5.01 Å². The number of nitro benzene ring substituents is 2. The molecule has 170 valence electrons. The van der Waals surface area contributed by atoms with Crippen molar-refractivity contribution in [3.05, 3.63) is 79.9 Å². The minimum Gasteiger partial charge on any atom is -0.272 e. The molecule has 2 fully saturated rings. The molecule has 0 spiro atoms. The Labute approximate surface area is 187 Å². The van der Waals surface area contributed by atoms with Gasteiger partial charge < -0.3 is 0 Å². The van der Waals surface area contributed by atoms with Gasteiger partial charge in [-0.25, -0.2) is 5.01 Å². The lowest BCUT2D eigenvalue weighted by Gasteiger charge is -2.30. The zero-order valence-electron chi connectivity index (χ0n) is 17.5. The van der Waals surface area contributed by atoms with E-state index in [1.807, 2.05) is 0 Å². The van der Waals surface area contributed by atoms with E-state index in [9.17, 15) is 34.6 Å². The highest BCUT2D eigenvalue weighted by atomic mass is 16.6. The molecule has 1 heterocycles. The predicted octanol–water partition coefficient (Wildman–Crippen LogP) is 3.24. The van der Waals surface area contributed by atoms with Crippen LogP contribution in [0.4, 0.5) is 11.4 Å². The standard InChI is InChI=1S/C22H20N4O7/c27-20(17-10-4-6-12-19(17)26(32)33)23(13-14-7-1-5-11-18(14)25(30)31)24-21(28)15-8-2-3-9-16(15)22(24)29/h1,4-7,10-12,15-16H,2-3,8-9,13H2/t15-,16+. The van der Waals surface area contributed by atoms with Crippen LogP contribution in [0.2, 0.25) is 0 Å². The maximum absolute atomic E-state index is 13.5. The van der Waals surface area contributed by atoms with Crippen LogP contribution in [-0.2, 0) is 16.1 Å². The zero-order valence-corrected chi connectivity index (χ0v) is 17.5. The van der Waals surface area contributed by atoms with Gasteiger partial charge in [0.25, 0.3) is 29.1 Å². The first kappa shape index (κ1) is 22.1. The highest BCUT2D eigenvalue weighted by Crippen LogP contribution is 2.39. The summed E-state index contributed by atoms with van der Waals surface area (Å²) in [6.07, 6.45) is 2.56. The van der Waals surface area contributed by atoms with Crippen LogP contribution in [0.25, 0.3) is 0 Å². The molecule has 0 bridgehead atoms. The molecule has 33 heavy (non-hydrogen) atoms. The molecule has 1 aliphatic carbocycles. The Balaban J connectivity index is 1.81. The van der Waals surface area contributed by atoms with Crippen LogP contribution < -0.4 is 0 Å². The summed E-state index contributed by atoms with van der Waals surface area (Å²) in [6, 6.07) is 10.8. The first-order chi connectivity index (χ1) is 15.8. The number of hydrogen-bond donors (Lipinski definition) is 0. The molecule has 2 aromatic rings. The van der Waals surface area contributed by atoms with Crippen molar-refractivity contribution >= 4 is 29.1 Å². The SMILES string of the molecule is O=C(c1ccccc1[N+](=O)[O-])N(Cc1ccccc1[N+](=O)[O-])N1C(=O)[C@H]2CCCC[C@H]2C1=O. The molecule has 11 nitrogen and oxygen atoms in total. The molecule has 1 aliphatic heterocycles. The average molecular weight is 452 g/mol. The van der Waals surface area contributed by atoms with Gasteiger partial charge in [-0.1, -0.05) is 43.2 Å². The third kappa shape index (κ3) is 3.93. The molecule has 0 N–H and O–H groups in total. The molecule has 2 atom stereocenters. The van der Waals surface area contributed by atoms with E-state index in [-0.39, 0.29) is 16.8 Å². The van der Waals surface area contributed by atoms with E-state index in [0.717, 1.165) is 28.9 Å². The number of carbonyl (C=O) groups is 3. The summed E-state index contributed by atoms with van der Waals surface area (Å²) in [7, 11) is 0. The average Bonchev–Trinajstić information content (AvgIpc) is 3.07. The lowest BCUT2D eigenvalue weighted by Crippen LogP contribution is -2.50. The lowest BCUT2D eigenvalue weighted by atomic mass is 9.81. The number of fused-ring (bicyclic) bond motifs is 1. The Kier molecular flexibility index (Phi) is 5.86. The fourth-order valence-corrected chi connectivity index (χ4v) is 4.55. The molecule has 0 unspecified atom stereocenters. The molecule has 2 aromatic carbocycles. The van der Waals surface area contributed by atoms with E-state index < -0.39 is 51.6 Å². The third-order valence-corrected chi connectivity index (χ3v) is 6.13. The van der Waals surface area contributed by atoms with Crippen molar-refractivity contribution in [1.82, 2.24) is 10.0 Å². The Morgan fingerprint density at radius 1 is 0.879 bits per heavy atom. The molecule has 1 saturated heterocycles. The summed E-state index contributed by atoms with van der Waals surface area (Å²) in [5.41, 5.74) is -1.03. The van der Waals surface area contributed by atoms with E-state index in [1.165, 1.54) is 42.5 Å². The van der Waals surface area contributed by atoms with Gasteiger partial charge in [0.2, 0.25) is 0 Å². The lowest BCUT2D eigenvalue weighted by molar-refractivity contribution is -0.385. The molecular formula is C22H20N4O7. The van der Waals surface area contributed by atoms with Crippen LogP contribution >= 0.6 is 0 Å². The molecule has 1 saturated carbocycles. The summed E-state index contributed by atoms with van der Waals surface area (Å²) >= 11 is 0. The second-order valence-electron chi connectivity index (χ2n) is 8.01. The minimum atomic E-state index is -0.958. The molecule has 4 rings (SSSR count). The summed E-state index contributed by atoms with van der Waals surface area (Å²) in [4.78, 5) is 61.6. The number of nitro groups is 2. The minimum absolute atomic E-state index is 0.0879. The van der Waals surface area contributed by atoms with Crippen molar-refractivity contribution in [3.63, 3.8) is 0 Å². The zero-order chi connectivity index (χ0) is 23.7. The fourth-order valence-electron chi connectivity index (χ4n) is 4.55. The number of rotatable bonds is 6. The summed E-state index contributed by atoms with van der Waals surface area (Å²) < 4.78 is 0. The van der Waals surface area contributed by atoms with Crippen molar-refractivity contribution in [1.29, 1.82) is 0 Å². The van der Waals surface area contributed by atoms with Crippen LogP contribution in [0.1, 0.15) is 41.6 Å². The van der Waals surface area contributed by atoms with Crippen molar-refractivity contribution in [3.8, 4) is 0 Å². The van der Waals surface area contributed by atoms with Crippen molar-refractivity contribution in [2.24, 2.45) is 11.8 Å². The Hall–Kier alpha value is -4.15. The summed E-state index contributed by atoms with van der Waals surface area (Å²) in [6.45, 7) is -0.473. The van der Waals surface area contributed by atoms with Gasteiger partial charge in [0.1, 0.15) is 5.56 Å². The Morgan fingerprint density at radius 3 is 1.97 bits per heavy atom. The first-order valence-corrected chi connectivity index (χ1v) is 10.5. The molecule has 0 radical (unpaired) electrons. The van der Waals surface area contributed by atoms with E-state index >= 15 is 0 Å². The van der Waals surface area contributed by atoms with Gasteiger partial charge in [0.15, 0.2) is 0 Å². The topological polar surface area (TPSA) is 144 Å². The maximum atomic E-state index is 13.5. The van der Waals surface area contributed by atoms with Crippen LogP contribution in [0.3, 0.4) is 0 Å². The van der Waals surface area contributed by atoms with E-state index in [0.29, 0.717) is 12.8 Å². The van der Waals surface area contributed by atoms with Gasteiger partial charge in [-0.05, 0) is 18.9 Å². The number of hydrazine groups is 1. The van der Waals surface area contributed by atoms with Gasteiger partial charge in [-0.3, -0.25) is 34.6 Å². The largest absolute Gasteiger partial charge is 0.282 e. The number of amides is 3. The van der Waals surface area contributed by atoms with E-state index in [4.69, 9.17) is 0 Å². The van der Waals surface area contributed by atoms with Crippen molar-refractivity contribution in [2.45, 2.75) is 32.2 Å². The third-order valence-electron chi connectivity index (χ3n) is 6.13. The smallest absolute Gasteiger partial charge is 0.272 e. The molecule has 11 heteroatoms. The van der Waals surface area contributed by atoms with Crippen LogP contribution in [-0.4, -0.2) is 37.6 Å². The number of hydrogen-bond acceptors (Lipinski definition) is 7. The summed E-state index contributed by atoms with van der Waals surface area (Å²) in [5.74, 6) is -3.22. The van der Waals surface area contributed by atoms with E-state index in [1.54, 1.807) is 0 Å². The Morgan fingerprint density at radius 2 is 1.39 bits per heavy atom. The number of imide groups is 1. The number of nitrogens with zero attached hydrogens (tertiary/aromatic N) is 4.